The normalized spacial score (nSPS) is 12.1. The van der Waals surface area contributed by atoms with Crippen LogP contribution in [0.4, 0.5) is 0 Å². The number of ether oxygens (including phenoxy) is 1. The molecule has 0 saturated carbocycles. The predicted octanol–water partition coefficient (Wildman–Crippen LogP) is 5.34. The molecule has 6 nitrogen and oxygen atoms in total. The van der Waals surface area contributed by atoms with Crippen LogP contribution < -0.4 is 15.5 Å². The fraction of sp³-hybridized carbons (Fsp3) is 0.318. The Labute approximate surface area is 196 Å². The molecular formula is C22H24Cl3N3O3. The quantitative estimate of drug-likeness (QED) is 0.372. The maximum Gasteiger partial charge on any atom is 0.262 e. The molecule has 1 unspecified atom stereocenters. The van der Waals surface area contributed by atoms with Gasteiger partial charge >= 0.3 is 0 Å². The third-order valence-electron chi connectivity index (χ3n) is 4.22. The number of rotatable bonds is 9. The largest absolute Gasteiger partial charge is 0.493 e. The lowest BCUT2D eigenvalue weighted by Crippen LogP contribution is -2.48. The van der Waals surface area contributed by atoms with Crippen LogP contribution in [0, 0.1) is 5.92 Å². The van der Waals surface area contributed by atoms with E-state index in [1.165, 1.54) is 18.3 Å². The van der Waals surface area contributed by atoms with Crippen LogP contribution in [0.5, 0.6) is 5.75 Å². The van der Waals surface area contributed by atoms with Gasteiger partial charge in [-0.15, -0.1) is 0 Å². The molecule has 9 heteroatoms. The van der Waals surface area contributed by atoms with Crippen molar-refractivity contribution in [3.63, 3.8) is 0 Å². The zero-order chi connectivity index (χ0) is 23.0. The average Bonchev–Trinajstić information content (AvgIpc) is 2.70. The van der Waals surface area contributed by atoms with Crippen molar-refractivity contribution >= 4 is 52.8 Å². The molecule has 31 heavy (non-hydrogen) atoms. The van der Waals surface area contributed by atoms with Crippen molar-refractivity contribution in [2.75, 3.05) is 6.61 Å². The Morgan fingerprint density at radius 2 is 1.77 bits per heavy atom. The van der Waals surface area contributed by atoms with Crippen LogP contribution in [-0.4, -0.2) is 30.7 Å². The monoisotopic (exact) mass is 483 g/mol. The van der Waals surface area contributed by atoms with Gasteiger partial charge in [0.15, 0.2) is 0 Å². The number of carbonyl (C=O) groups excluding carboxylic acids is 2. The van der Waals surface area contributed by atoms with Gasteiger partial charge in [0.2, 0.25) is 0 Å². The van der Waals surface area contributed by atoms with Gasteiger partial charge < -0.3 is 10.1 Å². The van der Waals surface area contributed by atoms with Gasteiger partial charge in [-0.2, -0.15) is 5.10 Å². The minimum atomic E-state index is -0.827. The predicted molar refractivity (Wildman–Crippen MR) is 126 cm³/mol. The Kier molecular flexibility index (Phi) is 9.62. The van der Waals surface area contributed by atoms with E-state index < -0.39 is 17.9 Å². The van der Waals surface area contributed by atoms with E-state index in [0.29, 0.717) is 28.0 Å². The van der Waals surface area contributed by atoms with E-state index in [-0.39, 0.29) is 16.5 Å². The minimum Gasteiger partial charge on any atom is -0.493 e. The van der Waals surface area contributed by atoms with Crippen LogP contribution in [0.1, 0.15) is 43.1 Å². The topological polar surface area (TPSA) is 79.8 Å². The van der Waals surface area contributed by atoms with Crippen LogP contribution in [0.15, 0.2) is 41.5 Å². The van der Waals surface area contributed by atoms with Gasteiger partial charge in [0, 0.05) is 15.6 Å². The summed E-state index contributed by atoms with van der Waals surface area (Å²) in [5.41, 5.74) is 3.31. The number of benzene rings is 2. The third-order valence-corrected chi connectivity index (χ3v) is 5.01. The number of hydrogen-bond acceptors (Lipinski definition) is 4. The molecular weight excluding hydrogens is 461 g/mol. The molecule has 166 valence electrons. The molecule has 2 N–H and O–H groups in total. The molecule has 0 aromatic heterocycles. The summed E-state index contributed by atoms with van der Waals surface area (Å²) >= 11 is 18.0. The molecule has 0 saturated heterocycles. The fourth-order valence-corrected chi connectivity index (χ4v) is 3.30. The molecule has 0 fully saturated rings. The SMILES string of the molecule is CCCOc1ccc(Cl)cc1/C=N/NC(=O)C(NC(=O)c1ccc(Cl)cc1Cl)C(C)C. The Bertz CT molecular complexity index is 964. The van der Waals surface area contributed by atoms with Crippen LogP contribution >= 0.6 is 34.8 Å². The highest BCUT2D eigenvalue weighted by Gasteiger charge is 2.25. The summed E-state index contributed by atoms with van der Waals surface area (Å²) in [6, 6.07) is 8.85. The standard InChI is InChI=1S/C22H24Cl3N3O3/c1-4-9-31-19-8-6-15(23)10-14(19)12-26-28-22(30)20(13(2)3)27-21(29)17-7-5-16(24)11-18(17)25/h5-8,10-13,20H,4,9H2,1-3H3,(H,27,29)(H,28,30)/b26-12+. The molecule has 0 heterocycles. The van der Waals surface area contributed by atoms with E-state index in [1.807, 2.05) is 20.8 Å². The van der Waals surface area contributed by atoms with Gasteiger partial charge in [-0.05, 0) is 48.7 Å². The highest BCUT2D eigenvalue weighted by Crippen LogP contribution is 2.22. The molecule has 2 rings (SSSR count). The molecule has 1 atom stereocenters. The van der Waals surface area contributed by atoms with Crippen molar-refractivity contribution in [3.8, 4) is 5.75 Å². The number of nitrogens with one attached hydrogen (secondary N) is 2. The highest BCUT2D eigenvalue weighted by atomic mass is 35.5. The van der Waals surface area contributed by atoms with Gasteiger partial charge in [0.05, 0.1) is 23.4 Å². The summed E-state index contributed by atoms with van der Waals surface area (Å²) < 4.78 is 5.66. The van der Waals surface area contributed by atoms with Gasteiger partial charge in [-0.25, -0.2) is 5.43 Å². The first kappa shape index (κ1) is 25.0. The third kappa shape index (κ3) is 7.42. The van der Waals surface area contributed by atoms with Gasteiger partial charge in [-0.3, -0.25) is 9.59 Å². The fourth-order valence-electron chi connectivity index (χ4n) is 2.63. The summed E-state index contributed by atoms with van der Waals surface area (Å²) in [6.45, 7) is 6.17. The first-order valence-electron chi connectivity index (χ1n) is 9.74. The van der Waals surface area contributed by atoms with E-state index in [4.69, 9.17) is 39.5 Å². The van der Waals surface area contributed by atoms with Crippen molar-refractivity contribution in [2.45, 2.75) is 33.2 Å². The maximum absolute atomic E-state index is 12.7. The van der Waals surface area contributed by atoms with E-state index in [1.54, 1.807) is 24.3 Å². The second-order valence-electron chi connectivity index (χ2n) is 7.08. The van der Waals surface area contributed by atoms with Crippen molar-refractivity contribution in [3.05, 3.63) is 62.6 Å². The van der Waals surface area contributed by atoms with Crippen molar-refractivity contribution in [1.82, 2.24) is 10.7 Å². The van der Waals surface area contributed by atoms with Gasteiger partial charge in [0.25, 0.3) is 11.8 Å². The number of carbonyl (C=O) groups is 2. The van der Waals surface area contributed by atoms with E-state index in [2.05, 4.69) is 15.8 Å². The zero-order valence-electron chi connectivity index (χ0n) is 17.4. The average molecular weight is 485 g/mol. The summed E-state index contributed by atoms with van der Waals surface area (Å²) in [5.74, 6) is -0.539. The molecule has 0 aliphatic heterocycles. The summed E-state index contributed by atoms with van der Waals surface area (Å²) in [7, 11) is 0. The Morgan fingerprint density at radius 1 is 1.10 bits per heavy atom. The zero-order valence-corrected chi connectivity index (χ0v) is 19.7. The van der Waals surface area contributed by atoms with Gasteiger partial charge in [-0.1, -0.05) is 55.6 Å². The molecule has 2 aromatic rings. The first-order valence-corrected chi connectivity index (χ1v) is 10.9. The van der Waals surface area contributed by atoms with Crippen molar-refractivity contribution in [1.29, 1.82) is 0 Å². The summed E-state index contributed by atoms with van der Waals surface area (Å²) in [4.78, 5) is 25.2. The van der Waals surface area contributed by atoms with Crippen LogP contribution in [0.2, 0.25) is 15.1 Å². The molecule has 0 radical (unpaired) electrons. The number of nitrogens with zero attached hydrogens (tertiary/aromatic N) is 1. The molecule has 2 amide bonds. The number of hydrazone groups is 1. The molecule has 0 aliphatic rings. The molecule has 0 bridgehead atoms. The van der Waals surface area contributed by atoms with Crippen LogP contribution in [0.25, 0.3) is 0 Å². The summed E-state index contributed by atoms with van der Waals surface area (Å²) in [6.07, 6.45) is 2.30. The summed E-state index contributed by atoms with van der Waals surface area (Å²) in [5, 5.41) is 7.83. The molecule has 0 spiro atoms. The number of halogens is 3. The Morgan fingerprint density at radius 3 is 2.42 bits per heavy atom. The highest BCUT2D eigenvalue weighted by molar-refractivity contribution is 6.36. The second-order valence-corrected chi connectivity index (χ2v) is 8.36. The first-order chi connectivity index (χ1) is 14.7. The van der Waals surface area contributed by atoms with Crippen LogP contribution in [-0.2, 0) is 4.79 Å². The second kappa shape index (κ2) is 11.9. The lowest BCUT2D eigenvalue weighted by Gasteiger charge is -2.20. The smallest absolute Gasteiger partial charge is 0.262 e. The van der Waals surface area contributed by atoms with E-state index >= 15 is 0 Å². The minimum absolute atomic E-state index is 0.195. The maximum atomic E-state index is 12.7. The van der Waals surface area contributed by atoms with Crippen LogP contribution in [0.3, 0.4) is 0 Å². The lowest BCUT2D eigenvalue weighted by molar-refractivity contribution is -0.123. The number of amides is 2. The van der Waals surface area contributed by atoms with E-state index in [9.17, 15) is 9.59 Å². The lowest BCUT2D eigenvalue weighted by atomic mass is 10.0. The molecule has 0 aliphatic carbocycles. The van der Waals surface area contributed by atoms with E-state index in [0.717, 1.165) is 6.42 Å². The number of hydrogen-bond donors (Lipinski definition) is 2. The van der Waals surface area contributed by atoms with Crippen molar-refractivity contribution in [2.24, 2.45) is 11.0 Å². The Hall–Kier alpha value is -2.28. The Balaban J connectivity index is 2.09. The van der Waals surface area contributed by atoms with Gasteiger partial charge in [0.1, 0.15) is 11.8 Å². The van der Waals surface area contributed by atoms with Crippen molar-refractivity contribution < 1.29 is 14.3 Å². The molecule has 2 aromatic carbocycles.